The molecule has 0 aliphatic heterocycles. The summed E-state index contributed by atoms with van der Waals surface area (Å²) in [7, 11) is 0. The van der Waals surface area contributed by atoms with E-state index in [0.29, 0.717) is 6.04 Å². The second-order valence-corrected chi connectivity index (χ2v) is 4.54. The Labute approximate surface area is 91.4 Å². The van der Waals surface area contributed by atoms with Crippen molar-refractivity contribution in [3.63, 3.8) is 0 Å². The lowest BCUT2D eigenvalue weighted by molar-refractivity contribution is 1.05. The number of pyridine rings is 1. The average Bonchev–Trinajstić information content (AvgIpc) is 2.96. The van der Waals surface area contributed by atoms with E-state index in [-0.39, 0.29) is 0 Å². The van der Waals surface area contributed by atoms with Gasteiger partial charge in [-0.25, -0.2) is 0 Å². The number of aromatic nitrogens is 3. The minimum absolute atomic E-state index is 0.628. The molecule has 2 heterocycles. The fourth-order valence-electron chi connectivity index (χ4n) is 1.29. The van der Waals surface area contributed by atoms with Gasteiger partial charge in [0.15, 0.2) is 0 Å². The first-order valence-corrected chi connectivity index (χ1v) is 5.74. The lowest BCUT2D eigenvalue weighted by Crippen LogP contribution is -1.99. The smallest absolute Gasteiger partial charge is 0.206 e. The lowest BCUT2D eigenvalue weighted by Gasteiger charge is -1.94. The summed E-state index contributed by atoms with van der Waals surface area (Å²) in [6, 6.07) is 4.52. The van der Waals surface area contributed by atoms with Crippen LogP contribution in [-0.4, -0.2) is 21.2 Å². The van der Waals surface area contributed by atoms with Crippen molar-refractivity contribution in [1.82, 2.24) is 15.2 Å². The standard InChI is InChI=1S/C10H10N4S/c1-2-8(1)12-10-14-13-9(15-10)7-3-5-11-6-4-7/h3-6,8H,1-2H2,(H,12,14). The molecule has 76 valence electrons. The van der Waals surface area contributed by atoms with Gasteiger partial charge in [0.2, 0.25) is 5.13 Å². The number of rotatable bonds is 3. The number of nitrogens with one attached hydrogen (secondary N) is 1. The maximum absolute atomic E-state index is 4.15. The average molecular weight is 218 g/mol. The summed E-state index contributed by atoms with van der Waals surface area (Å²) in [5, 5.41) is 13.5. The van der Waals surface area contributed by atoms with E-state index in [9.17, 15) is 0 Å². The van der Waals surface area contributed by atoms with E-state index < -0.39 is 0 Å². The number of hydrogen-bond donors (Lipinski definition) is 1. The molecular formula is C10H10N4S. The molecule has 1 fully saturated rings. The van der Waals surface area contributed by atoms with Crippen molar-refractivity contribution in [1.29, 1.82) is 0 Å². The van der Waals surface area contributed by atoms with Crippen LogP contribution >= 0.6 is 11.3 Å². The van der Waals surface area contributed by atoms with Crippen molar-refractivity contribution < 1.29 is 0 Å². The van der Waals surface area contributed by atoms with Crippen LogP contribution in [0.15, 0.2) is 24.5 Å². The minimum Gasteiger partial charge on any atom is -0.357 e. The van der Waals surface area contributed by atoms with E-state index in [1.165, 1.54) is 12.8 Å². The molecule has 4 nitrogen and oxygen atoms in total. The van der Waals surface area contributed by atoms with Gasteiger partial charge >= 0.3 is 0 Å². The van der Waals surface area contributed by atoms with Crippen LogP contribution in [-0.2, 0) is 0 Å². The van der Waals surface area contributed by atoms with Gasteiger partial charge in [-0.15, -0.1) is 10.2 Å². The number of anilines is 1. The first-order chi connectivity index (χ1) is 7.42. The zero-order valence-electron chi connectivity index (χ0n) is 8.05. The molecular weight excluding hydrogens is 208 g/mol. The third-order valence-electron chi connectivity index (χ3n) is 2.26. The monoisotopic (exact) mass is 218 g/mol. The second kappa shape index (κ2) is 3.58. The molecule has 0 saturated heterocycles. The Morgan fingerprint density at radius 1 is 1.20 bits per heavy atom. The van der Waals surface area contributed by atoms with Gasteiger partial charge in [0, 0.05) is 24.0 Å². The van der Waals surface area contributed by atoms with Crippen LogP contribution in [0.25, 0.3) is 10.6 Å². The van der Waals surface area contributed by atoms with Crippen LogP contribution in [0.4, 0.5) is 5.13 Å². The molecule has 0 aromatic carbocycles. The third-order valence-corrected chi connectivity index (χ3v) is 3.16. The Balaban J connectivity index is 1.83. The van der Waals surface area contributed by atoms with E-state index in [0.717, 1.165) is 15.7 Å². The van der Waals surface area contributed by atoms with Crippen molar-refractivity contribution in [2.45, 2.75) is 18.9 Å². The van der Waals surface area contributed by atoms with Gasteiger partial charge in [-0.1, -0.05) is 11.3 Å². The molecule has 15 heavy (non-hydrogen) atoms. The van der Waals surface area contributed by atoms with Crippen molar-refractivity contribution in [2.75, 3.05) is 5.32 Å². The molecule has 5 heteroatoms. The normalized spacial score (nSPS) is 15.2. The van der Waals surface area contributed by atoms with Crippen LogP contribution in [0.3, 0.4) is 0 Å². The van der Waals surface area contributed by atoms with Crippen LogP contribution in [0.2, 0.25) is 0 Å². The first-order valence-electron chi connectivity index (χ1n) is 4.92. The van der Waals surface area contributed by atoms with Gasteiger partial charge in [-0.2, -0.15) is 0 Å². The Hall–Kier alpha value is -1.49. The van der Waals surface area contributed by atoms with E-state index in [4.69, 9.17) is 0 Å². The Bertz CT molecular complexity index is 449. The molecule has 2 aromatic rings. The van der Waals surface area contributed by atoms with Gasteiger partial charge < -0.3 is 5.32 Å². The maximum Gasteiger partial charge on any atom is 0.206 e. The molecule has 1 aliphatic carbocycles. The highest BCUT2D eigenvalue weighted by Gasteiger charge is 2.22. The minimum atomic E-state index is 0.628. The fourth-order valence-corrected chi connectivity index (χ4v) is 2.12. The van der Waals surface area contributed by atoms with Crippen LogP contribution in [0.5, 0.6) is 0 Å². The van der Waals surface area contributed by atoms with Crippen molar-refractivity contribution >= 4 is 16.5 Å². The van der Waals surface area contributed by atoms with Crippen LogP contribution < -0.4 is 5.32 Å². The Morgan fingerprint density at radius 3 is 2.73 bits per heavy atom. The third kappa shape index (κ3) is 1.97. The molecule has 0 atom stereocenters. The predicted octanol–water partition coefficient (Wildman–Crippen LogP) is 2.17. The molecule has 3 rings (SSSR count). The predicted molar refractivity (Wildman–Crippen MR) is 59.8 cm³/mol. The molecule has 1 N–H and O–H groups in total. The molecule has 0 radical (unpaired) electrons. The highest BCUT2D eigenvalue weighted by molar-refractivity contribution is 7.18. The molecule has 1 saturated carbocycles. The Kier molecular flexibility index (Phi) is 2.10. The van der Waals surface area contributed by atoms with Crippen LogP contribution in [0.1, 0.15) is 12.8 Å². The topological polar surface area (TPSA) is 50.7 Å². The summed E-state index contributed by atoms with van der Waals surface area (Å²) < 4.78 is 0. The summed E-state index contributed by atoms with van der Waals surface area (Å²) in [5.74, 6) is 0. The second-order valence-electron chi connectivity index (χ2n) is 3.57. The molecule has 1 aliphatic rings. The molecule has 0 amide bonds. The zero-order chi connectivity index (χ0) is 10.1. The largest absolute Gasteiger partial charge is 0.357 e. The highest BCUT2D eigenvalue weighted by Crippen LogP contribution is 2.30. The fraction of sp³-hybridized carbons (Fsp3) is 0.300. The number of hydrogen-bond acceptors (Lipinski definition) is 5. The van der Waals surface area contributed by atoms with Crippen molar-refractivity contribution in [3.05, 3.63) is 24.5 Å². The van der Waals surface area contributed by atoms with Crippen molar-refractivity contribution in [3.8, 4) is 10.6 Å². The quantitative estimate of drug-likeness (QED) is 0.857. The molecule has 0 unspecified atom stereocenters. The maximum atomic E-state index is 4.15. The van der Waals surface area contributed by atoms with E-state index in [1.54, 1.807) is 23.7 Å². The summed E-state index contributed by atoms with van der Waals surface area (Å²) in [6.07, 6.45) is 6.05. The molecule has 2 aromatic heterocycles. The van der Waals surface area contributed by atoms with Crippen molar-refractivity contribution in [2.24, 2.45) is 0 Å². The van der Waals surface area contributed by atoms with Gasteiger partial charge in [0.25, 0.3) is 0 Å². The SMILES string of the molecule is c1cc(-c2nnc(NC3CC3)s2)ccn1. The van der Waals surface area contributed by atoms with E-state index >= 15 is 0 Å². The molecule has 0 spiro atoms. The van der Waals surface area contributed by atoms with E-state index in [1.807, 2.05) is 12.1 Å². The summed E-state index contributed by atoms with van der Waals surface area (Å²) in [4.78, 5) is 3.98. The lowest BCUT2D eigenvalue weighted by atomic mass is 10.3. The molecule has 0 bridgehead atoms. The summed E-state index contributed by atoms with van der Waals surface area (Å²) in [6.45, 7) is 0. The highest BCUT2D eigenvalue weighted by atomic mass is 32.1. The van der Waals surface area contributed by atoms with Gasteiger partial charge in [0.05, 0.1) is 0 Å². The summed E-state index contributed by atoms with van der Waals surface area (Å²) in [5.41, 5.74) is 1.08. The van der Waals surface area contributed by atoms with E-state index in [2.05, 4.69) is 20.5 Å². The Morgan fingerprint density at radius 2 is 2.00 bits per heavy atom. The first kappa shape index (κ1) is 8.79. The van der Waals surface area contributed by atoms with Gasteiger partial charge in [-0.3, -0.25) is 4.98 Å². The zero-order valence-corrected chi connectivity index (χ0v) is 8.87. The van der Waals surface area contributed by atoms with Gasteiger partial charge in [-0.05, 0) is 25.0 Å². The van der Waals surface area contributed by atoms with Gasteiger partial charge in [0.1, 0.15) is 5.01 Å². The van der Waals surface area contributed by atoms with Crippen LogP contribution in [0, 0.1) is 0 Å². The summed E-state index contributed by atoms with van der Waals surface area (Å²) >= 11 is 1.59. The number of nitrogens with zero attached hydrogens (tertiary/aromatic N) is 3.